The van der Waals surface area contributed by atoms with Crippen LogP contribution in [-0.4, -0.2) is 45.1 Å². The molecule has 6 heteroatoms. The molecule has 98 valence electrons. The monoisotopic (exact) mass is 250 g/mol. The number of piperidine rings is 1. The van der Waals surface area contributed by atoms with Gasteiger partial charge < -0.3 is 15.7 Å². The van der Waals surface area contributed by atoms with Gasteiger partial charge in [0.2, 0.25) is 0 Å². The van der Waals surface area contributed by atoms with Crippen molar-refractivity contribution in [2.75, 3.05) is 18.9 Å². The second-order valence-corrected chi connectivity index (χ2v) is 4.49. The molecule has 1 aliphatic heterocycles. The molecule has 2 rings (SSSR count). The van der Waals surface area contributed by atoms with Crippen molar-refractivity contribution >= 4 is 11.7 Å². The van der Waals surface area contributed by atoms with Crippen LogP contribution >= 0.6 is 0 Å². The van der Waals surface area contributed by atoms with E-state index in [-0.39, 0.29) is 30.1 Å². The number of nitrogen functional groups attached to an aromatic ring is 1. The summed E-state index contributed by atoms with van der Waals surface area (Å²) < 4.78 is 0. The molecule has 1 amide bonds. The Kier molecular flexibility index (Phi) is 4.09. The number of aliphatic hydroxyl groups is 1. The van der Waals surface area contributed by atoms with Gasteiger partial charge in [-0.15, -0.1) is 0 Å². The van der Waals surface area contributed by atoms with Crippen molar-refractivity contribution in [3.05, 3.63) is 18.1 Å². The van der Waals surface area contributed by atoms with Gasteiger partial charge in [0.15, 0.2) is 0 Å². The summed E-state index contributed by atoms with van der Waals surface area (Å²) in [7, 11) is 0. The van der Waals surface area contributed by atoms with Crippen LogP contribution in [0.25, 0.3) is 0 Å². The summed E-state index contributed by atoms with van der Waals surface area (Å²) >= 11 is 0. The van der Waals surface area contributed by atoms with Gasteiger partial charge in [-0.2, -0.15) is 0 Å². The molecule has 0 spiro atoms. The first-order valence-electron chi connectivity index (χ1n) is 6.21. The van der Waals surface area contributed by atoms with Gasteiger partial charge in [0.1, 0.15) is 11.5 Å². The lowest BCUT2D eigenvalue weighted by atomic mass is 9.99. The van der Waals surface area contributed by atoms with Gasteiger partial charge in [-0.25, -0.2) is 4.98 Å². The SMILES string of the molecule is Nc1cncc(C(=O)N2CCCCC2CCO)n1. The van der Waals surface area contributed by atoms with Crippen molar-refractivity contribution in [2.45, 2.75) is 31.7 Å². The zero-order valence-electron chi connectivity index (χ0n) is 10.2. The Labute approximate surface area is 106 Å². The van der Waals surface area contributed by atoms with E-state index in [9.17, 15) is 4.79 Å². The highest BCUT2D eigenvalue weighted by Gasteiger charge is 2.27. The predicted molar refractivity (Wildman–Crippen MR) is 66.8 cm³/mol. The first kappa shape index (κ1) is 12.8. The van der Waals surface area contributed by atoms with Crippen LogP contribution in [0.3, 0.4) is 0 Å². The number of aliphatic hydroxyl groups excluding tert-OH is 1. The molecule has 1 atom stereocenters. The third-order valence-corrected chi connectivity index (χ3v) is 3.22. The highest BCUT2D eigenvalue weighted by atomic mass is 16.3. The fraction of sp³-hybridized carbons (Fsp3) is 0.583. The number of amides is 1. The van der Waals surface area contributed by atoms with E-state index in [0.29, 0.717) is 13.0 Å². The summed E-state index contributed by atoms with van der Waals surface area (Å²) in [6.07, 6.45) is 6.48. The van der Waals surface area contributed by atoms with Crippen molar-refractivity contribution in [1.29, 1.82) is 0 Å². The number of nitrogens with two attached hydrogens (primary N) is 1. The van der Waals surface area contributed by atoms with Crippen molar-refractivity contribution in [3.8, 4) is 0 Å². The van der Waals surface area contributed by atoms with E-state index in [4.69, 9.17) is 10.8 Å². The quantitative estimate of drug-likeness (QED) is 0.811. The van der Waals surface area contributed by atoms with Crippen molar-refractivity contribution in [3.63, 3.8) is 0 Å². The fourth-order valence-corrected chi connectivity index (χ4v) is 2.35. The van der Waals surface area contributed by atoms with E-state index in [1.807, 2.05) is 0 Å². The number of carbonyl (C=O) groups excluding carboxylic acids is 1. The number of carbonyl (C=O) groups is 1. The van der Waals surface area contributed by atoms with Gasteiger partial charge >= 0.3 is 0 Å². The fourth-order valence-electron chi connectivity index (χ4n) is 2.35. The lowest BCUT2D eigenvalue weighted by Gasteiger charge is -2.35. The summed E-state index contributed by atoms with van der Waals surface area (Å²) in [5.41, 5.74) is 5.81. The molecule has 18 heavy (non-hydrogen) atoms. The van der Waals surface area contributed by atoms with Crippen molar-refractivity contribution in [2.24, 2.45) is 0 Å². The topological polar surface area (TPSA) is 92.3 Å². The third kappa shape index (κ3) is 2.76. The average molecular weight is 250 g/mol. The molecule has 1 aliphatic rings. The van der Waals surface area contributed by atoms with Gasteiger partial charge in [0.05, 0.1) is 12.4 Å². The van der Waals surface area contributed by atoms with Crippen LogP contribution in [0.2, 0.25) is 0 Å². The highest BCUT2D eigenvalue weighted by molar-refractivity contribution is 5.92. The number of rotatable bonds is 3. The molecule has 1 unspecified atom stereocenters. The number of nitrogens with zero attached hydrogens (tertiary/aromatic N) is 3. The van der Waals surface area contributed by atoms with Crippen LogP contribution < -0.4 is 5.73 Å². The molecule has 1 saturated heterocycles. The van der Waals surface area contributed by atoms with E-state index >= 15 is 0 Å². The summed E-state index contributed by atoms with van der Waals surface area (Å²) in [5, 5.41) is 9.05. The summed E-state index contributed by atoms with van der Waals surface area (Å²) in [5.74, 6) is 0.101. The molecule has 2 heterocycles. The van der Waals surface area contributed by atoms with Crippen LogP contribution in [0.5, 0.6) is 0 Å². The zero-order chi connectivity index (χ0) is 13.0. The minimum atomic E-state index is -0.145. The van der Waals surface area contributed by atoms with E-state index in [2.05, 4.69) is 9.97 Å². The molecule has 0 radical (unpaired) electrons. The summed E-state index contributed by atoms with van der Waals surface area (Å²) in [6, 6.07) is 0.0967. The maximum Gasteiger partial charge on any atom is 0.274 e. The maximum absolute atomic E-state index is 12.3. The van der Waals surface area contributed by atoms with E-state index in [1.165, 1.54) is 12.4 Å². The second kappa shape index (κ2) is 5.77. The summed E-state index contributed by atoms with van der Waals surface area (Å²) in [4.78, 5) is 22.0. The lowest BCUT2D eigenvalue weighted by Crippen LogP contribution is -2.44. The minimum absolute atomic E-state index is 0.0943. The van der Waals surface area contributed by atoms with Crippen LogP contribution in [0.15, 0.2) is 12.4 Å². The molecule has 1 fully saturated rings. The Morgan fingerprint density at radius 3 is 3.06 bits per heavy atom. The molecule has 1 aromatic heterocycles. The molecule has 1 aromatic rings. The summed E-state index contributed by atoms with van der Waals surface area (Å²) in [6.45, 7) is 0.803. The van der Waals surface area contributed by atoms with Crippen molar-refractivity contribution < 1.29 is 9.90 Å². The zero-order valence-corrected chi connectivity index (χ0v) is 10.2. The molecule has 0 aromatic carbocycles. The molecule has 3 N–H and O–H groups in total. The molecule has 0 saturated carbocycles. The molecule has 0 aliphatic carbocycles. The lowest BCUT2D eigenvalue weighted by molar-refractivity contribution is 0.0568. The first-order valence-corrected chi connectivity index (χ1v) is 6.21. The predicted octanol–water partition coefficient (Wildman–Crippen LogP) is 0.436. The standard InChI is InChI=1S/C12H18N4O2/c13-11-8-14-7-10(15-11)12(18)16-5-2-1-3-9(16)4-6-17/h7-9,17H,1-6H2,(H2,13,15). The van der Waals surface area contributed by atoms with E-state index < -0.39 is 0 Å². The molecule has 0 bridgehead atoms. The Balaban J connectivity index is 2.15. The van der Waals surface area contributed by atoms with Crippen LogP contribution in [-0.2, 0) is 0 Å². The van der Waals surface area contributed by atoms with Crippen LogP contribution in [0, 0.1) is 0 Å². The molecular formula is C12H18N4O2. The van der Waals surface area contributed by atoms with Crippen molar-refractivity contribution in [1.82, 2.24) is 14.9 Å². The Bertz CT molecular complexity index is 422. The second-order valence-electron chi connectivity index (χ2n) is 4.49. The number of likely N-dealkylation sites (tertiary alicyclic amines) is 1. The van der Waals surface area contributed by atoms with Crippen LogP contribution in [0.4, 0.5) is 5.82 Å². The highest BCUT2D eigenvalue weighted by Crippen LogP contribution is 2.21. The molecule has 6 nitrogen and oxygen atoms in total. The number of aromatic nitrogens is 2. The number of anilines is 1. The maximum atomic E-state index is 12.3. The van der Waals surface area contributed by atoms with Gasteiger partial charge in [0.25, 0.3) is 5.91 Å². The Hall–Kier alpha value is -1.69. The van der Waals surface area contributed by atoms with Gasteiger partial charge in [-0.1, -0.05) is 0 Å². The van der Waals surface area contributed by atoms with Gasteiger partial charge in [0, 0.05) is 19.2 Å². The van der Waals surface area contributed by atoms with Gasteiger partial charge in [-0.3, -0.25) is 9.78 Å². The van der Waals surface area contributed by atoms with E-state index in [1.54, 1.807) is 4.90 Å². The van der Waals surface area contributed by atoms with E-state index in [0.717, 1.165) is 19.3 Å². The smallest absolute Gasteiger partial charge is 0.274 e. The minimum Gasteiger partial charge on any atom is -0.396 e. The van der Waals surface area contributed by atoms with Gasteiger partial charge in [-0.05, 0) is 25.7 Å². The normalized spacial score (nSPS) is 19.8. The number of hydrogen-bond donors (Lipinski definition) is 2. The first-order chi connectivity index (χ1) is 8.72. The Morgan fingerprint density at radius 1 is 1.50 bits per heavy atom. The average Bonchev–Trinajstić information content (AvgIpc) is 2.39. The third-order valence-electron chi connectivity index (χ3n) is 3.22. The van der Waals surface area contributed by atoms with Crippen LogP contribution in [0.1, 0.15) is 36.2 Å². The largest absolute Gasteiger partial charge is 0.396 e. The number of hydrogen-bond acceptors (Lipinski definition) is 5. The Morgan fingerprint density at radius 2 is 2.33 bits per heavy atom. The molecular weight excluding hydrogens is 232 g/mol.